The molecule has 0 bridgehead atoms. The van der Waals surface area contributed by atoms with Crippen LogP contribution in [0.3, 0.4) is 0 Å². The first kappa shape index (κ1) is 17.2. The Bertz CT molecular complexity index is 648. The van der Waals surface area contributed by atoms with Crippen LogP contribution in [-0.2, 0) is 11.2 Å². The SMILES string of the molecule is CC/C(=C\Cc1ccc(C#N)c(F)c1)C(=O)N1CCCC(N)C1. The number of nitrogens with zero attached hydrogens (tertiary/aromatic N) is 2. The fourth-order valence-corrected chi connectivity index (χ4v) is 2.80. The summed E-state index contributed by atoms with van der Waals surface area (Å²) in [4.78, 5) is 14.4. The van der Waals surface area contributed by atoms with Gasteiger partial charge in [-0.15, -0.1) is 0 Å². The molecule has 1 aliphatic rings. The molecule has 0 aromatic heterocycles. The summed E-state index contributed by atoms with van der Waals surface area (Å²) in [6, 6.07) is 6.39. The van der Waals surface area contributed by atoms with Gasteiger partial charge < -0.3 is 10.6 Å². The number of hydrogen-bond donors (Lipinski definition) is 1. The van der Waals surface area contributed by atoms with E-state index in [-0.39, 0.29) is 17.5 Å². The Kier molecular flexibility index (Phi) is 5.89. The molecule has 2 N–H and O–H groups in total. The second-order valence-electron chi connectivity index (χ2n) is 5.87. The lowest BCUT2D eigenvalue weighted by Gasteiger charge is -2.31. The number of halogens is 1. The van der Waals surface area contributed by atoms with Crippen molar-refractivity contribution in [3.8, 4) is 6.07 Å². The van der Waals surface area contributed by atoms with Gasteiger partial charge in [-0.1, -0.05) is 19.1 Å². The van der Waals surface area contributed by atoms with Crippen molar-refractivity contribution in [1.82, 2.24) is 4.90 Å². The third kappa shape index (κ3) is 4.40. The lowest BCUT2D eigenvalue weighted by Crippen LogP contribution is -2.46. The Hall–Kier alpha value is -2.19. The molecular weight excluding hydrogens is 293 g/mol. The van der Waals surface area contributed by atoms with Crippen molar-refractivity contribution in [2.75, 3.05) is 13.1 Å². The van der Waals surface area contributed by atoms with Crippen molar-refractivity contribution in [3.05, 3.63) is 46.8 Å². The van der Waals surface area contributed by atoms with Crippen LogP contribution in [0.4, 0.5) is 4.39 Å². The van der Waals surface area contributed by atoms with E-state index in [0.717, 1.165) is 30.5 Å². The molecule has 1 aromatic carbocycles. The maximum absolute atomic E-state index is 13.6. The van der Waals surface area contributed by atoms with Crippen LogP contribution in [0.25, 0.3) is 0 Å². The summed E-state index contributed by atoms with van der Waals surface area (Å²) in [6.45, 7) is 3.28. The number of benzene rings is 1. The molecule has 1 aromatic rings. The highest BCUT2D eigenvalue weighted by Crippen LogP contribution is 2.16. The number of likely N-dealkylation sites (tertiary alicyclic amines) is 1. The zero-order valence-corrected chi connectivity index (χ0v) is 13.4. The van der Waals surface area contributed by atoms with E-state index in [1.165, 1.54) is 12.1 Å². The number of carbonyl (C=O) groups excluding carboxylic acids is 1. The lowest BCUT2D eigenvalue weighted by atomic mass is 10.0. The molecule has 1 saturated heterocycles. The van der Waals surface area contributed by atoms with Crippen LogP contribution in [-0.4, -0.2) is 29.9 Å². The molecule has 1 atom stereocenters. The van der Waals surface area contributed by atoms with E-state index >= 15 is 0 Å². The van der Waals surface area contributed by atoms with Gasteiger partial charge in [0.2, 0.25) is 5.91 Å². The summed E-state index contributed by atoms with van der Waals surface area (Å²) in [6.07, 6.45) is 4.84. The van der Waals surface area contributed by atoms with Gasteiger partial charge in [0.25, 0.3) is 0 Å². The molecular formula is C18H22FN3O. The van der Waals surface area contributed by atoms with Gasteiger partial charge in [0.15, 0.2) is 0 Å². The van der Waals surface area contributed by atoms with E-state index in [1.54, 1.807) is 12.1 Å². The first-order chi connectivity index (χ1) is 11.0. The van der Waals surface area contributed by atoms with Crippen molar-refractivity contribution >= 4 is 5.91 Å². The predicted molar refractivity (Wildman–Crippen MR) is 87.0 cm³/mol. The molecule has 1 aliphatic heterocycles. The smallest absolute Gasteiger partial charge is 0.249 e. The zero-order valence-electron chi connectivity index (χ0n) is 13.4. The number of hydrogen-bond acceptors (Lipinski definition) is 3. The summed E-state index contributed by atoms with van der Waals surface area (Å²) in [5.41, 5.74) is 7.44. The Morgan fingerprint density at radius 2 is 2.35 bits per heavy atom. The number of rotatable bonds is 4. The van der Waals surface area contributed by atoms with Crippen LogP contribution >= 0.6 is 0 Å². The molecule has 1 fully saturated rings. The average Bonchev–Trinajstić information content (AvgIpc) is 2.55. The maximum Gasteiger partial charge on any atom is 0.249 e. The topological polar surface area (TPSA) is 70.1 Å². The van der Waals surface area contributed by atoms with Crippen molar-refractivity contribution in [1.29, 1.82) is 5.26 Å². The van der Waals surface area contributed by atoms with Crippen molar-refractivity contribution in [2.24, 2.45) is 5.73 Å². The third-order valence-corrected chi connectivity index (χ3v) is 4.14. The molecule has 0 spiro atoms. The molecule has 1 unspecified atom stereocenters. The number of allylic oxidation sites excluding steroid dienone is 1. The summed E-state index contributed by atoms with van der Waals surface area (Å²) >= 11 is 0. The first-order valence-corrected chi connectivity index (χ1v) is 7.97. The zero-order chi connectivity index (χ0) is 16.8. The minimum absolute atomic E-state index is 0.0248. The number of carbonyl (C=O) groups is 1. The summed E-state index contributed by atoms with van der Waals surface area (Å²) in [7, 11) is 0. The maximum atomic E-state index is 13.6. The molecule has 4 nitrogen and oxygen atoms in total. The largest absolute Gasteiger partial charge is 0.337 e. The Balaban J connectivity index is 2.08. The molecule has 0 saturated carbocycles. The van der Waals surface area contributed by atoms with Gasteiger partial charge in [-0.2, -0.15) is 5.26 Å². The van der Waals surface area contributed by atoms with E-state index < -0.39 is 5.82 Å². The molecule has 122 valence electrons. The molecule has 0 aliphatic carbocycles. The van der Waals surface area contributed by atoms with Gasteiger partial charge >= 0.3 is 0 Å². The van der Waals surface area contributed by atoms with Gasteiger partial charge in [0.1, 0.15) is 11.9 Å². The molecule has 23 heavy (non-hydrogen) atoms. The second-order valence-corrected chi connectivity index (χ2v) is 5.87. The Morgan fingerprint density at radius 3 is 2.96 bits per heavy atom. The normalized spacial score (nSPS) is 18.6. The molecule has 1 amide bonds. The number of amides is 1. The number of nitrogens with two attached hydrogens (primary N) is 1. The van der Waals surface area contributed by atoms with Gasteiger partial charge in [-0.3, -0.25) is 4.79 Å². The average molecular weight is 315 g/mol. The van der Waals surface area contributed by atoms with E-state index in [1.807, 2.05) is 17.9 Å². The van der Waals surface area contributed by atoms with Crippen molar-refractivity contribution in [3.63, 3.8) is 0 Å². The van der Waals surface area contributed by atoms with Crippen LogP contribution in [0, 0.1) is 17.1 Å². The summed E-state index contributed by atoms with van der Waals surface area (Å²) in [5, 5.41) is 8.74. The Morgan fingerprint density at radius 1 is 1.57 bits per heavy atom. The predicted octanol–water partition coefficient (Wildman–Crippen LogP) is 2.53. The summed E-state index contributed by atoms with van der Waals surface area (Å²) < 4.78 is 13.6. The number of nitriles is 1. The van der Waals surface area contributed by atoms with Gasteiger partial charge in [0, 0.05) is 24.7 Å². The monoisotopic (exact) mass is 315 g/mol. The lowest BCUT2D eigenvalue weighted by molar-refractivity contribution is -0.128. The third-order valence-electron chi connectivity index (χ3n) is 4.14. The summed E-state index contributed by atoms with van der Waals surface area (Å²) in [5.74, 6) is -0.499. The fourth-order valence-electron chi connectivity index (χ4n) is 2.80. The fraction of sp³-hybridized carbons (Fsp3) is 0.444. The van der Waals surface area contributed by atoms with Crippen LogP contribution in [0.2, 0.25) is 0 Å². The van der Waals surface area contributed by atoms with E-state index in [4.69, 9.17) is 11.0 Å². The minimum atomic E-state index is -0.523. The molecule has 2 rings (SSSR count). The van der Waals surface area contributed by atoms with Crippen LogP contribution in [0.5, 0.6) is 0 Å². The van der Waals surface area contributed by atoms with Gasteiger partial charge in [-0.25, -0.2) is 4.39 Å². The number of piperidine rings is 1. The van der Waals surface area contributed by atoms with Crippen molar-refractivity contribution < 1.29 is 9.18 Å². The van der Waals surface area contributed by atoms with Crippen LogP contribution < -0.4 is 5.73 Å². The highest BCUT2D eigenvalue weighted by atomic mass is 19.1. The Labute approximate surface area is 136 Å². The molecule has 1 heterocycles. The highest BCUT2D eigenvalue weighted by molar-refractivity contribution is 5.93. The van der Waals surface area contributed by atoms with Gasteiger partial charge in [0.05, 0.1) is 5.56 Å². The minimum Gasteiger partial charge on any atom is -0.337 e. The highest BCUT2D eigenvalue weighted by Gasteiger charge is 2.22. The second kappa shape index (κ2) is 7.89. The van der Waals surface area contributed by atoms with Crippen molar-refractivity contribution in [2.45, 2.75) is 38.6 Å². The van der Waals surface area contributed by atoms with E-state index in [0.29, 0.717) is 19.4 Å². The molecule has 5 heteroatoms. The van der Waals surface area contributed by atoms with E-state index in [2.05, 4.69) is 0 Å². The standard InChI is InChI=1S/C18H22FN3O/c1-2-14(18(23)22-9-3-4-16(21)12-22)7-5-13-6-8-15(11-20)17(19)10-13/h6-8,10,16H,2-5,9,12,21H2,1H3/b14-7+. The quantitative estimate of drug-likeness (QED) is 0.868. The van der Waals surface area contributed by atoms with Crippen LogP contribution in [0.15, 0.2) is 29.8 Å². The van der Waals surface area contributed by atoms with Crippen LogP contribution in [0.1, 0.15) is 37.3 Å². The van der Waals surface area contributed by atoms with E-state index in [9.17, 15) is 9.18 Å². The molecule has 0 radical (unpaired) electrons. The first-order valence-electron chi connectivity index (χ1n) is 7.97. The van der Waals surface area contributed by atoms with Gasteiger partial charge in [-0.05, 0) is 43.4 Å².